The molecule has 3 rings (SSSR count). The zero-order chi connectivity index (χ0) is 11.1. The molecule has 0 spiro atoms. The van der Waals surface area contributed by atoms with Gasteiger partial charge in [-0.1, -0.05) is 6.92 Å². The second kappa shape index (κ2) is 3.65. The van der Waals surface area contributed by atoms with Gasteiger partial charge in [0.15, 0.2) is 0 Å². The number of hydrogen-bond acceptors (Lipinski definition) is 2. The monoisotopic (exact) mass is 221 g/mol. The molecule has 3 heteroatoms. The molecule has 86 valence electrons. The number of benzene rings is 1. The molecule has 1 heterocycles. The molecule has 2 nitrogen and oxygen atoms in total. The molecule has 1 aliphatic carbocycles. The quantitative estimate of drug-likeness (QED) is 0.726. The molecule has 16 heavy (non-hydrogen) atoms. The summed E-state index contributed by atoms with van der Waals surface area (Å²) in [5.41, 5.74) is 0.928. The molecule has 2 aliphatic rings. The van der Waals surface area contributed by atoms with Crippen LogP contribution in [0, 0.1) is 11.7 Å². The fourth-order valence-electron chi connectivity index (χ4n) is 2.72. The second-order valence-electron chi connectivity index (χ2n) is 4.97. The van der Waals surface area contributed by atoms with Crippen LogP contribution in [0.5, 0.6) is 5.75 Å². The minimum absolute atomic E-state index is 0.213. The fourth-order valence-corrected chi connectivity index (χ4v) is 2.72. The van der Waals surface area contributed by atoms with Gasteiger partial charge < -0.3 is 10.1 Å². The van der Waals surface area contributed by atoms with Crippen molar-refractivity contribution in [1.29, 1.82) is 0 Å². The number of halogens is 1. The Hall–Kier alpha value is -1.25. The lowest BCUT2D eigenvalue weighted by atomic mass is 9.84. The minimum atomic E-state index is -0.233. The predicted octanol–water partition coefficient (Wildman–Crippen LogP) is 3.19. The maximum atomic E-state index is 13.1. The van der Waals surface area contributed by atoms with E-state index in [2.05, 4.69) is 12.2 Å². The van der Waals surface area contributed by atoms with Crippen LogP contribution in [0.4, 0.5) is 10.1 Å². The third-order valence-corrected chi connectivity index (χ3v) is 3.61. The van der Waals surface area contributed by atoms with Crippen molar-refractivity contribution in [2.75, 3.05) is 5.32 Å². The molecular weight excluding hydrogens is 205 g/mol. The van der Waals surface area contributed by atoms with E-state index in [4.69, 9.17) is 4.74 Å². The van der Waals surface area contributed by atoms with E-state index in [1.54, 1.807) is 6.07 Å². The van der Waals surface area contributed by atoms with Crippen molar-refractivity contribution in [2.24, 2.45) is 5.92 Å². The molecule has 3 atom stereocenters. The Bertz CT molecular complexity index is 407. The third kappa shape index (κ3) is 1.64. The van der Waals surface area contributed by atoms with Crippen LogP contribution in [0.15, 0.2) is 18.2 Å². The largest absolute Gasteiger partial charge is 0.486 e. The summed E-state index contributed by atoms with van der Waals surface area (Å²) in [6, 6.07) is 5.10. The second-order valence-corrected chi connectivity index (χ2v) is 4.97. The van der Waals surface area contributed by atoms with Crippen molar-refractivity contribution in [2.45, 2.75) is 38.3 Å². The van der Waals surface area contributed by atoms with E-state index in [0.29, 0.717) is 11.8 Å². The molecule has 0 bridgehead atoms. The third-order valence-electron chi connectivity index (χ3n) is 3.61. The van der Waals surface area contributed by atoms with E-state index in [1.165, 1.54) is 18.6 Å². The Morgan fingerprint density at radius 2 is 2.25 bits per heavy atom. The van der Waals surface area contributed by atoms with Gasteiger partial charge in [0.05, 0.1) is 11.7 Å². The summed E-state index contributed by atoms with van der Waals surface area (Å²) >= 11 is 0. The summed E-state index contributed by atoms with van der Waals surface area (Å²) in [7, 11) is 0. The van der Waals surface area contributed by atoms with Gasteiger partial charge in [-0.2, -0.15) is 0 Å². The number of rotatable bonds is 0. The van der Waals surface area contributed by atoms with Crippen molar-refractivity contribution in [3.63, 3.8) is 0 Å². The van der Waals surface area contributed by atoms with Gasteiger partial charge in [0, 0.05) is 6.07 Å². The Kier molecular flexibility index (Phi) is 2.27. The average molecular weight is 221 g/mol. The molecule has 0 saturated heterocycles. The van der Waals surface area contributed by atoms with Crippen molar-refractivity contribution < 1.29 is 9.13 Å². The highest BCUT2D eigenvalue weighted by Crippen LogP contribution is 2.38. The number of ether oxygens (including phenoxy) is 1. The van der Waals surface area contributed by atoms with Crippen LogP contribution in [-0.4, -0.2) is 12.1 Å². The van der Waals surface area contributed by atoms with Crippen LogP contribution in [0.3, 0.4) is 0 Å². The van der Waals surface area contributed by atoms with Crippen LogP contribution in [-0.2, 0) is 0 Å². The van der Waals surface area contributed by atoms with E-state index >= 15 is 0 Å². The van der Waals surface area contributed by atoms with Crippen LogP contribution < -0.4 is 10.1 Å². The fraction of sp³-hybridized carbons (Fsp3) is 0.538. The molecular formula is C13H16FNO. The first-order valence-electron chi connectivity index (χ1n) is 5.95. The average Bonchev–Trinajstić information content (AvgIpc) is 2.26. The van der Waals surface area contributed by atoms with E-state index in [-0.39, 0.29) is 11.9 Å². The Labute approximate surface area is 94.8 Å². The summed E-state index contributed by atoms with van der Waals surface area (Å²) in [4.78, 5) is 0. The van der Waals surface area contributed by atoms with Gasteiger partial charge in [-0.3, -0.25) is 0 Å². The van der Waals surface area contributed by atoms with Crippen LogP contribution in [0.25, 0.3) is 0 Å². The van der Waals surface area contributed by atoms with E-state index in [9.17, 15) is 4.39 Å². The van der Waals surface area contributed by atoms with Gasteiger partial charge in [-0.15, -0.1) is 0 Å². The zero-order valence-corrected chi connectivity index (χ0v) is 9.37. The highest BCUT2D eigenvalue weighted by Gasteiger charge is 2.34. The molecule has 0 amide bonds. The maximum absolute atomic E-state index is 13.1. The topological polar surface area (TPSA) is 21.3 Å². The first-order chi connectivity index (χ1) is 7.72. The normalized spacial score (nSPS) is 32.0. The number of fused-ring (bicyclic) bond motifs is 2. The van der Waals surface area contributed by atoms with Crippen LogP contribution in [0.1, 0.15) is 26.2 Å². The van der Waals surface area contributed by atoms with E-state index < -0.39 is 0 Å². The van der Waals surface area contributed by atoms with Gasteiger partial charge in [0.2, 0.25) is 0 Å². The van der Waals surface area contributed by atoms with Crippen molar-refractivity contribution >= 4 is 5.69 Å². The SMILES string of the molecule is CC1CCC2Oc3cc(F)ccc3NC2C1. The summed E-state index contributed by atoms with van der Waals surface area (Å²) in [5, 5.41) is 3.46. The van der Waals surface area contributed by atoms with E-state index in [0.717, 1.165) is 24.4 Å². The number of hydrogen-bond donors (Lipinski definition) is 1. The van der Waals surface area contributed by atoms with Crippen LogP contribution >= 0.6 is 0 Å². The van der Waals surface area contributed by atoms with Gasteiger partial charge in [-0.25, -0.2) is 4.39 Å². The molecule has 1 aromatic rings. The van der Waals surface area contributed by atoms with Gasteiger partial charge in [0.1, 0.15) is 17.7 Å². The summed E-state index contributed by atoms with van der Waals surface area (Å²) in [6.07, 6.45) is 3.62. The van der Waals surface area contributed by atoms with Gasteiger partial charge in [0.25, 0.3) is 0 Å². The molecule has 1 aromatic carbocycles. The lowest BCUT2D eigenvalue weighted by Gasteiger charge is -2.40. The molecule has 1 aliphatic heterocycles. The van der Waals surface area contributed by atoms with Crippen molar-refractivity contribution in [1.82, 2.24) is 0 Å². The Morgan fingerprint density at radius 1 is 1.38 bits per heavy atom. The first kappa shape index (κ1) is 9.94. The molecule has 0 radical (unpaired) electrons. The minimum Gasteiger partial charge on any atom is -0.486 e. The molecule has 1 N–H and O–H groups in total. The van der Waals surface area contributed by atoms with E-state index in [1.807, 2.05) is 0 Å². The van der Waals surface area contributed by atoms with Crippen molar-refractivity contribution in [3.8, 4) is 5.75 Å². The zero-order valence-electron chi connectivity index (χ0n) is 9.37. The standard InChI is InChI=1S/C13H16FNO/c1-8-2-5-12-11(6-8)15-10-4-3-9(14)7-13(10)16-12/h3-4,7-8,11-12,15H,2,5-6H2,1H3. The predicted molar refractivity (Wildman–Crippen MR) is 61.2 cm³/mol. The lowest BCUT2D eigenvalue weighted by molar-refractivity contribution is 0.112. The molecule has 1 saturated carbocycles. The molecule has 1 fully saturated rings. The lowest BCUT2D eigenvalue weighted by Crippen LogP contribution is -2.45. The Morgan fingerprint density at radius 3 is 3.12 bits per heavy atom. The first-order valence-corrected chi connectivity index (χ1v) is 5.95. The van der Waals surface area contributed by atoms with Gasteiger partial charge >= 0.3 is 0 Å². The summed E-state index contributed by atoms with van der Waals surface area (Å²) in [6.45, 7) is 2.28. The molecule has 0 aromatic heterocycles. The number of nitrogens with one attached hydrogen (secondary N) is 1. The summed E-state index contributed by atoms with van der Waals surface area (Å²) < 4.78 is 18.9. The number of anilines is 1. The summed E-state index contributed by atoms with van der Waals surface area (Å²) in [5.74, 6) is 1.18. The molecule has 3 unspecified atom stereocenters. The maximum Gasteiger partial charge on any atom is 0.145 e. The highest BCUT2D eigenvalue weighted by molar-refractivity contribution is 5.59. The Balaban J connectivity index is 1.88. The highest BCUT2D eigenvalue weighted by atomic mass is 19.1. The smallest absolute Gasteiger partial charge is 0.145 e. The van der Waals surface area contributed by atoms with Gasteiger partial charge in [-0.05, 0) is 37.3 Å². The van der Waals surface area contributed by atoms with Crippen molar-refractivity contribution in [3.05, 3.63) is 24.0 Å². The van der Waals surface area contributed by atoms with Crippen LogP contribution in [0.2, 0.25) is 0 Å².